The quantitative estimate of drug-likeness (QED) is 0.699. The van der Waals surface area contributed by atoms with E-state index in [1.54, 1.807) is 5.57 Å². The van der Waals surface area contributed by atoms with Crippen LogP contribution in [0.15, 0.2) is 35.9 Å². The van der Waals surface area contributed by atoms with Crippen molar-refractivity contribution in [3.63, 3.8) is 0 Å². The van der Waals surface area contributed by atoms with Crippen molar-refractivity contribution in [3.8, 4) is 0 Å². The number of aromatic nitrogens is 2. The standard InChI is InChI=1S/C27H38N4/c1-27(2)21-10-9-20(23(27)16-21)18-30-14-11-22(12-15-30)31-25-8-4-3-7-24(25)29-26(31)19-6-5-13-28-17-19/h3-4,7-9,19,21-23,28H,5-6,10-18H2,1-2H3/t19-,21+,23-/m1/s1. The fraction of sp³-hybridized carbons (Fsp3) is 0.667. The molecule has 0 radical (unpaired) electrons. The summed E-state index contributed by atoms with van der Waals surface area (Å²) in [6.07, 6.45) is 10.4. The summed E-state index contributed by atoms with van der Waals surface area (Å²) in [4.78, 5) is 7.89. The molecule has 4 heteroatoms. The molecule has 7 rings (SSSR count). The number of piperidine rings is 2. The fourth-order valence-electron chi connectivity index (χ4n) is 7.06. The number of nitrogens with zero attached hydrogens (tertiary/aromatic N) is 3. The molecular formula is C27H38N4. The lowest BCUT2D eigenvalue weighted by Crippen LogP contribution is -2.50. The predicted molar refractivity (Wildman–Crippen MR) is 127 cm³/mol. The van der Waals surface area contributed by atoms with E-state index in [4.69, 9.17) is 4.98 Å². The van der Waals surface area contributed by atoms with E-state index in [9.17, 15) is 0 Å². The molecule has 3 atom stereocenters. The van der Waals surface area contributed by atoms with Crippen molar-refractivity contribution in [2.24, 2.45) is 17.3 Å². The molecule has 0 amide bonds. The summed E-state index contributed by atoms with van der Waals surface area (Å²) in [5.74, 6) is 3.67. The van der Waals surface area contributed by atoms with E-state index in [0.717, 1.165) is 24.9 Å². The van der Waals surface area contributed by atoms with Crippen LogP contribution in [0.25, 0.3) is 11.0 Å². The van der Waals surface area contributed by atoms with E-state index in [-0.39, 0.29) is 0 Å². The van der Waals surface area contributed by atoms with E-state index < -0.39 is 0 Å². The summed E-state index contributed by atoms with van der Waals surface area (Å²) >= 11 is 0. The Morgan fingerprint density at radius 2 is 1.97 bits per heavy atom. The largest absolute Gasteiger partial charge is 0.324 e. The number of allylic oxidation sites excluding steroid dienone is 1. The molecule has 31 heavy (non-hydrogen) atoms. The third-order valence-corrected chi connectivity index (χ3v) is 9.20. The number of rotatable bonds is 4. The van der Waals surface area contributed by atoms with Crippen molar-refractivity contribution in [1.82, 2.24) is 19.8 Å². The Morgan fingerprint density at radius 1 is 1.13 bits per heavy atom. The molecule has 1 aromatic carbocycles. The van der Waals surface area contributed by atoms with Crippen LogP contribution in [-0.2, 0) is 0 Å². The number of fused-ring (bicyclic) bond motifs is 2. The van der Waals surface area contributed by atoms with Gasteiger partial charge in [-0.15, -0.1) is 0 Å². The fourth-order valence-corrected chi connectivity index (χ4v) is 7.06. The van der Waals surface area contributed by atoms with Gasteiger partial charge < -0.3 is 9.88 Å². The van der Waals surface area contributed by atoms with Gasteiger partial charge in [0.05, 0.1) is 11.0 Å². The van der Waals surface area contributed by atoms with Crippen LogP contribution in [0.2, 0.25) is 0 Å². The summed E-state index contributed by atoms with van der Waals surface area (Å²) in [6, 6.07) is 9.39. The Morgan fingerprint density at radius 3 is 2.71 bits per heavy atom. The third-order valence-electron chi connectivity index (χ3n) is 9.20. The smallest absolute Gasteiger partial charge is 0.114 e. The zero-order valence-electron chi connectivity index (χ0n) is 19.3. The summed E-state index contributed by atoms with van der Waals surface area (Å²) in [6.45, 7) is 10.9. The average molecular weight is 419 g/mol. The van der Waals surface area contributed by atoms with Crippen molar-refractivity contribution < 1.29 is 0 Å². The Bertz CT molecular complexity index is 972. The van der Waals surface area contributed by atoms with Crippen LogP contribution in [-0.4, -0.2) is 47.2 Å². The molecule has 2 saturated heterocycles. The topological polar surface area (TPSA) is 33.1 Å². The maximum absolute atomic E-state index is 5.16. The van der Waals surface area contributed by atoms with Gasteiger partial charge in [-0.25, -0.2) is 4.98 Å². The second kappa shape index (κ2) is 7.74. The van der Waals surface area contributed by atoms with Gasteiger partial charge >= 0.3 is 0 Å². The second-order valence-electron chi connectivity index (χ2n) is 11.2. The number of benzene rings is 1. The molecule has 2 aromatic rings. The summed E-state index contributed by atoms with van der Waals surface area (Å²) in [5, 5.41) is 3.61. The van der Waals surface area contributed by atoms with E-state index >= 15 is 0 Å². The zero-order chi connectivity index (χ0) is 21.0. The first-order chi connectivity index (χ1) is 15.1. The molecule has 2 aliphatic heterocycles. The first kappa shape index (κ1) is 20.0. The van der Waals surface area contributed by atoms with Crippen LogP contribution >= 0.6 is 0 Å². The Labute approximate surface area is 187 Å². The third kappa shape index (κ3) is 3.38. The number of para-hydroxylation sites is 2. The number of hydrogen-bond acceptors (Lipinski definition) is 3. The molecule has 0 spiro atoms. The van der Waals surface area contributed by atoms with E-state index in [1.165, 1.54) is 75.0 Å². The molecule has 166 valence electrons. The predicted octanol–water partition coefficient (Wildman–Crippen LogP) is 5.13. The van der Waals surface area contributed by atoms with E-state index in [2.05, 4.69) is 59.0 Å². The molecule has 1 aromatic heterocycles. The first-order valence-electron chi connectivity index (χ1n) is 12.7. The van der Waals surface area contributed by atoms with Crippen LogP contribution in [0.5, 0.6) is 0 Å². The molecule has 3 heterocycles. The van der Waals surface area contributed by atoms with Crippen molar-refractivity contribution in [3.05, 3.63) is 41.7 Å². The van der Waals surface area contributed by atoms with Gasteiger partial charge in [-0.3, -0.25) is 4.90 Å². The molecule has 1 N–H and O–H groups in total. The summed E-state index contributed by atoms with van der Waals surface area (Å²) < 4.78 is 2.64. The van der Waals surface area contributed by atoms with E-state index in [0.29, 0.717) is 17.4 Å². The van der Waals surface area contributed by atoms with Crippen LogP contribution in [0.1, 0.15) is 70.2 Å². The number of hydrogen-bond donors (Lipinski definition) is 1. The van der Waals surface area contributed by atoms with Crippen molar-refractivity contribution >= 4 is 11.0 Å². The van der Waals surface area contributed by atoms with Crippen LogP contribution in [0, 0.1) is 17.3 Å². The van der Waals surface area contributed by atoms with Gasteiger partial charge in [0.15, 0.2) is 0 Å². The normalized spacial score (nSPS) is 31.4. The zero-order valence-corrected chi connectivity index (χ0v) is 19.3. The monoisotopic (exact) mass is 418 g/mol. The van der Waals surface area contributed by atoms with Gasteiger partial charge in [0, 0.05) is 38.1 Å². The maximum Gasteiger partial charge on any atom is 0.114 e. The van der Waals surface area contributed by atoms with Crippen LogP contribution < -0.4 is 5.32 Å². The van der Waals surface area contributed by atoms with Gasteiger partial charge in [-0.05, 0) is 74.5 Å². The SMILES string of the molecule is CC1(C)[C@H]2CC=C(CN3CCC(n4c([C@@H]5CCCNC5)nc5ccccc54)CC3)[C@H]1C2. The summed E-state index contributed by atoms with van der Waals surface area (Å²) in [7, 11) is 0. The minimum Gasteiger partial charge on any atom is -0.324 e. The molecule has 3 aliphatic carbocycles. The lowest BCUT2D eigenvalue weighted by atomic mass is 9.49. The molecule has 2 bridgehead atoms. The van der Waals surface area contributed by atoms with Gasteiger partial charge in [-0.1, -0.05) is 37.6 Å². The Hall–Kier alpha value is -1.65. The lowest BCUT2D eigenvalue weighted by molar-refractivity contribution is -0.0114. The van der Waals surface area contributed by atoms with Crippen molar-refractivity contribution in [2.45, 2.75) is 64.3 Å². The highest BCUT2D eigenvalue weighted by molar-refractivity contribution is 5.76. The minimum atomic E-state index is 0.543. The first-order valence-corrected chi connectivity index (χ1v) is 12.7. The molecule has 0 unspecified atom stereocenters. The highest BCUT2D eigenvalue weighted by Crippen LogP contribution is 2.59. The molecule has 5 aliphatic rings. The van der Waals surface area contributed by atoms with Gasteiger partial charge in [0.1, 0.15) is 5.82 Å². The minimum absolute atomic E-state index is 0.543. The second-order valence-corrected chi connectivity index (χ2v) is 11.2. The van der Waals surface area contributed by atoms with Crippen LogP contribution in [0.3, 0.4) is 0 Å². The van der Waals surface area contributed by atoms with Crippen molar-refractivity contribution in [2.75, 3.05) is 32.7 Å². The molecule has 3 fully saturated rings. The van der Waals surface area contributed by atoms with Crippen molar-refractivity contribution in [1.29, 1.82) is 0 Å². The number of nitrogens with one attached hydrogen (secondary N) is 1. The molecule has 4 nitrogen and oxygen atoms in total. The Kier molecular flexibility index (Phi) is 4.99. The number of imidazole rings is 1. The van der Waals surface area contributed by atoms with E-state index in [1.807, 2.05) is 0 Å². The number of likely N-dealkylation sites (tertiary alicyclic amines) is 1. The van der Waals surface area contributed by atoms with Gasteiger partial charge in [0.25, 0.3) is 0 Å². The molecule has 1 saturated carbocycles. The lowest BCUT2D eigenvalue weighted by Gasteiger charge is -2.57. The maximum atomic E-state index is 5.16. The van der Waals surface area contributed by atoms with Gasteiger partial charge in [-0.2, -0.15) is 0 Å². The Balaban J connectivity index is 1.19. The summed E-state index contributed by atoms with van der Waals surface area (Å²) in [5.41, 5.74) is 4.81. The highest BCUT2D eigenvalue weighted by Gasteiger charge is 2.51. The average Bonchev–Trinajstić information content (AvgIpc) is 3.20. The van der Waals surface area contributed by atoms with Gasteiger partial charge in [0.2, 0.25) is 0 Å². The highest BCUT2D eigenvalue weighted by atomic mass is 15.2. The van der Waals surface area contributed by atoms with Crippen LogP contribution in [0.4, 0.5) is 0 Å². The molecular weight excluding hydrogens is 380 g/mol.